The van der Waals surface area contributed by atoms with E-state index in [9.17, 15) is 5.11 Å². The van der Waals surface area contributed by atoms with Gasteiger partial charge in [0, 0.05) is 24.1 Å². The first-order valence-corrected chi connectivity index (χ1v) is 10.5. The summed E-state index contributed by atoms with van der Waals surface area (Å²) in [6.07, 6.45) is 0.229. The molecule has 0 saturated heterocycles. The van der Waals surface area contributed by atoms with Crippen LogP contribution in [0.5, 0.6) is 17.2 Å². The number of phenolic OH excluding ortho intramolecular Hbond substituents is 1. The topological polar surface area (TPSA) is 107 Å². The molecule has 4 aromatic rings. The zero-order chi connectivity index (χ0) is 21.7. The second-order valence-electron chi connectivity index (χ2n) is 7.80. The molecule has 4 N–H and O–H groups in total. The van der Waals surface area contributed by atoms with Crippen LogP contribution in [-0.4, -0.2) is 33.8 Å². The highest BCUT2D eigenvalue weighted by atomic mass is 16.5. The van der Waals surface area contributed by atoms with E-state index in [4.69, 9.17) is 20.2 Å². The summed E-state index contributed by atoms with van der Waals surface area (Å²) in [6, 6.07) is 19.3. The lowest BCUT2D eigenvalue weighted by atomic mass is 10.0. The summed E-state index contributed by atoms with van der Waals surface area (Å²) in [6.45, 7) is 1.19. The van der Waals surface area contributed by atoms with Crippen molar-refractivity contribution >= 4 is 22.9 Å². The van der Waals surface area contributed by atoms with Gasteiger partial charge >= 0.3 is 0 Å². The maximum atomic E-state index is 10.8. The number of hydrogen-bond acceptors (Lipinski definition) is 7. The average molecular weight is 427 g/mol. The summed E-state index contributed by atoms with van der Waals surface area (Å²) in [5, 5.41) is 13.8. The maximum absolute atomic E-state index is 10.8. The molecule has 0 aliphatic carbocycles. The number of aliphatic imine (C=N–C) groups is 1. The summed E-state index contributed by atoms with van der Waals surface area (Å²) >= 11 is 0. The van der Waals surface area contributed by atoms with Crippen LogP contribution in [0.3, 0.4) is 0 Å². The molecule has 0 fully saturated rings. The molecule has 1 unspecified atom stereocenters. The molecule has 0 bridgehead atoms. The molecule has 2 aliphatic heterocycles. The second kappa shape index (κ2) is 7.19. The normalized spacial score (nSPS) is 17.2. The Hall–Kier alpha value is -4.20. The van der Waals surface area contributed by atoms with Crippen LogP contribution < -0.4 is 20.5 Å². The number of nitrogens with zero attached hydrogens (tertiary/aromatic N) is 3. The molecule has 160 valence electrons. The molecule has 1 atom stereocenters. The number of aromatic hydroxyl groups is 1. The summed E-state index contributed by atoms with van der Waals surface area (Å²) in [5.41, 5.74) is 10.3. The number of nitrogens with two attached hydrogens (primary N) is 1. The van der Waals surface area contributed by atoms with Gasteiger partial charge in [0.05, 0.1) is 24.2 Å². The van der Waals surface area contributed by atoms with Crippen LogP contribution in [0, 0.1) is 0 Å². The van der Waals surface area contributed by atoms with Crippen molar-refractivity contribution in [2.75, 3.05) is 18.5 Å². The van der Waals surface area contributed by atoms with Crippen molar-refractivity contribution in [1.82, 2.24) is 9.55 Å². The Labute approximate surface area is 183 Å². The van der Waals surface area contributed by atoms with E-state index in [0.29, 0.717) is 36.2 Å². The van der Waals surface area contributed by atoms with Crippen LogP contribution in [0.25, 0.3) is 22.2 Å². The number of rotatable bonds is 2. The van der Waals surface area contributed by atoms with Gasteiger partial charge in [0.25, 0.3) is 0 Å². The number of phenols is 1. The lowest BCUT2D eigenvalue weighted by Gasteiger charge is -2.25. The van der Waals surface area contributed by atoms with Gasteiger partial charge in [0.15, 0.2) is 23.6 Å². The van der Waals surface area contributed by atoms with Gasteiger partial charge in [-0.25, -0.2) is 9.98 Å². The van der Waals surface area contributed by atoms with E-state index in [-0.39, 0.29) is 11.7 Å². The van der Waals surface area contributed by atoms with E-state index in [0.717, 1.165) is 28.6 Å². The molecule has 32 heavy (non-hydrogen) atoms. The van der Waals surface area contributed by atoms with Crippen molar-refractivity contribution < 1.29 is 14.6 Å². The largest absolute Gasteiger partial charge is 0.508 e. The first-order chi connectivity index (χ1) is 15.7. The van der Waals surface area contributed by atoms with E-state index >= 15 is 0 Å². The molecule has 1 aromatic heterocycles. The van der Waals surface area contributed by atoms with Gasteiger partial charge in [-0.1, -0.05) is 36.4 Å². The molecule has 0 radical (unpaired) electrons. The molecule has 0 saturated carbocycles. The second-order valence-corrected chi connectivity index (χ2v) is 7.80. The molecule has 8 heteroatoms. The van der Waals surface area contributed by atoms with Crippen molar-refractivity contribution in [2.45, 2.75) is 12.6 Å². The predicted octanol–water partition coefficient (Wildman–Crippen LogP) is 3.86. The number of nitrogens with one attached hydrogen (secondary N) is 1. The van der Waals surface area contributed by atoms with Crippen molar-refractivity contribution in [1.29, 1.82) is 0 Å². The van der Waals surface area contributed by atoms with E-state index in [1.807, 2.05) is 59.2 Å². The Morgan fingerprint density at radius 2 is 1.75 bits per heavy atom. The highest BCUT2D eigenvalue weighted by Gasteiger charge is 2.28. The molecule has 3 aromatic carbocycles. The van der Waals surface area contributed by atoms with Crippen LogP contribution in [0.15, 0.2) is 65.7 Å². The molecule has 0 spiro atoms. The monoisotopic (exact) mass is 427 g/mol. The van der Waals surface area contributed by atoms with E-state index in [2.05, 4.69) is 10.3 Å². The van der Waals surface area contributed by atoms with Crippen LogP contribution in [-0.2, 0) is 0 Å². The Morgan fingerprint density at radius 3 is 2.56 bits per heavy atom. The highest BCUT2D eigenvalue weighted by molar-refractivity contribution is 5.95. The summed E-state index contributed by atoms with van der Waals surface area (Å²) < 4.78 is 13.6. The van der Waals surface area contributed by atoms with Crippen LogP contribution in [0.4, 0.5) is 5.95 Å². The molecule has 8 nitrogen and oxygen atoms in total. The third kappa shape index (κ3) is 2.99. The Kier molecular flexibility index (Phi) is 4.17. The minimum Gasteiger partial charge on any atom is -0.508 e. The van der Waals surface area contributed by atoms with Gasteiger partial charge < -0.3 is 20.3 Å². The van der Waals surface area contributed by atoms with Gasteiger partial charge in [-0.3, -0.25) is 9.88 Å². The lowest BCUT2D eigenvalue weighted by molar-refractivity contribution is 0.297. The number of fused-ring (bicyclic) bond motifs is 4. The van der Waals surface area contributed by atoms with E-state index < -0.39 is 6.17 Å². The number of guanidine groups is 1. The van der Waals surface area contributed by atoms with Gasteiger partial charge in [-0.05, 0) is 23.3 Å². The van der Waals surface area contributed by atoms with Crippen molar-refractivity contribution in [3.05, 3.63) is 66.2 Å². The third-order valence-corrected chi connectivity index (χ3v) is 5.72. The number of aromatic nitrogens is 2. The first kappa shape index (κ1) is 18.6. The Balaban J connectivity index is 1.53. The lowest BCUT2D eigenvalue weighted by Crippen LogP contribution is -2.31. The predicted molar refractivity (Wildman–Crippen MR) is 122 cm³/mol. The van der Waals surface area contributed by atoms with E-state index in [1.165, 1.54) is 0 Å². The number of benzene rings is 3. The number of anilines is 1. The fourth-order valence-corrected chi connectivity index (χ4v) is 4.20. The van der Waals surface area contributed by atoms with Crippen LogP contribution in [0.1, 0.15) is 18.2 Å². The molecular weight excluding hydrogens is 406 g/mol. The van der Waals surface area contributed by atoms with Gasteiger partial charge in [0.1, 0.15) is 5.75 Å². The summed E-state index contributed by atoms with van der Waals surface area (Å²) in [4.78, 5) is 9.32. The number of ether oxygens (including phenoxy) is 2. The molecular formula is C24H21N5O3. The van der Waals surface area contributed by atoms with E-state index in [1.54, 1.807) is 6.07 Å². The zero-order valence-corrected chi connectivity index (χ0v) is 17.2. The van der Waals surface area contributed by atoms with Gasteiger partial charge in [-0.2, -0.15) is 0 Å². The molecule has 0 amide bonds. The van der Waals surface area contributed by atoms with Crippen molar-refractivity contribution in [2.24, 2.45) is 10.7 Å². The van der Waals surface area contributed by atoms with Crippen molar-refractivity contribution in [3.8, 4) is 28.4 Å². The van der Waals surface area contributed by atoms with Gasteiger partial charge in [-0.15, -0.1) is 0 Å². The molecule has 3 heterocycles. The zero-order valence-electron chi connectivity index (χ0n) is 17.2. The summed E-state index contributed by atoms with van der Waals surface area (Å²) in [7, 11) is 0. The molecule has 6 rings (SSSR count). The number of imidazole rings is 1. The highest BCUT2D eigenvalue weighted by Crippen LogP contribution is 2.41. The fraction of sp³-hybridized carbons (Fsp3) is 0.167. The first-order valence-electron chi connectivity index (χ1n) is 10.5. The minimum absolute atomic E-state index is 0.135. The number of hydrogen-bond donors (Lipinski definition) is 3. The minimum atomic E-state index is -0.593. The van der Waals surface area contributed by atoms with Crippen LogP contribution >= 0.6 is 0 Å². The maximum Gasteiger partial charge on any atom is 0.212 e. The summed E-state index contributed by atoms with van der Waals surface area (Å²) in [5.74, 6) is 2.25. The standard InChI is InChI=1S/C24H21N5O3/c25-23-27-22(16-11-15(7-8-19(16)30)14-5-2-1-3-6-14)29-18-13-21-20(31-9-4-10-32-21)12-17(18)26-24(29)28-23/h1-3,5-8,11-13,22,30H,4,9-10H2,(H3,25,26,27,28). The molecule has 2 aliphatic rings. The third-order valence-electron chi connectivity index (χ3n) is 5.72. The van der Waals surface area contributed by atoms with Gasteiger partial charge in [0.2, 0.25) is 5.95 Å². The SMILES string of the molecule is NC1=NC(c2cc(-c3ccccc3)ccc2O)n2c(nc3cc4c(cc32)OCCCO4)N1. The smallest absolute Gasteiger partial charge is 0.212 e. The Morgan fingerprint density at radius 1 is 0.969 bits per heavy atom. The van der Waals surface area contributed by atoms with Crippen molar-refractivity contribution in [3.63, 3.8) is 0 Å². The Bertz CT molecular complexity index is 1360. The fourth-order valence-electron chi connectivity index (χ4n) is 4.20. The van der Waals surface area contributed by atoms with Crippen LogP contribution in [0.2, 0.25) is 0 Å². The quantitative estimate of drug-likeness (QED) is 0.449. The average Bonchev–Trinajstić information content (AvgIpc) is 2.99.